The quantitative estimate of drug-likeness (QED) is 0.913. The summed E-state index contributed by atoms with van der Waals surface area (Å²) in [6, 6.07) is 9.60. The van der Waals surface area contributed by atoms with Gasteiger partial charge in [0.2, 0.25) is 0 Å². The molecule has 3 rings (SSSR count). The number of rotatable bonds is 2. The summed E-state index contributed by atoms with van der Waals surface area (Å²) in [6.07, 6.45) is 0. The highest BCUT2D eigenvalue weighted by molar-refractivity contribution is 9.10. The first kappa shape index (κ1) is 13.4. The van der Waals surface area contributed by atoms with Gasteiger partial charge in [0.1, 0.15) is 19.0 Å². The molecule has 0 radical (unpaired) electrons. The fourth-order valence-electron chi connectivity index (χ4n) is 2.26. The second-order valence-corrected chi connectivity index (χ2v) is 5.43. The van der Waals surface area contributed by atoms with Crippen molar-refractivity contribution < 1.29 is 13.9 Å². The molecule has 20 heavy (non-hydrogen) atoms. The molecule has 0 amide bonds. The third-order valence-electron chi connectivity index (χ3n) is 3.22. The molecule has 1 atom stereocenters. The predicted molar refractivity (Wildman–Crippen MR) is 77.6 cm³/mol. The topological polar surface area (TPSA) is 44.5 Å². The van der Waals surface area contributed by atoms with E-state index in [0.29, 0.717) is 30.3 Å². The van der Waals surface area contributed by atoms with E-state index in [4.69, 9.17) is 15.2 Å². The van der Waals surface area contributed by atoms with Crippen LogP contribution in [0.25, 0.3) is 0 Å². The molecule has 0 saturated carbocycles. The Morgan fingerprint density at radius 1 is 1.10 bits per heavy atom. The van der Waals surface area contributed by atoms with Crippen LogP contribution in [0, 0.1) is 5.82 Å². The van der Waals surface area contributed by atoms with Crippen molar-refractivity contribution in [2.75, 3.05) is 13.2 Å². The van der Waals surface area contributed by atoms with Crippen molar-refractivity contribution >= 4 is 15.9 Å². The number of ether oxygens (including phenoxy) is 2. The van der Waals surface area contributed by atoms with Crippen LogP contribution < -0.4 is 15.2 Å². The van der Waals surface area contributed by atoms with Crippen molar-refractivity contribution in [1.82, 2.24) is 0 Å². The molecule has 0 bridgehead atoms. The Kier molecular flexibility index (Phi) is 3.63. The average molecular weight is 338 g/mol. The maximum absolute atomic E-state index is 14.0. The normalized spacial score (nSPS) is 14.9. The Bertz CT molecular complexity index is 648. The fraction of sp³-hybridized carbons (Fsp3) is 0.200. The van der Waals surface area contributed by atoms with Crippen LogP contribution in [0.5, 0.6) is 11.5 Å². The van der Waals surface area contributed by atoms with E-state index < -0.39 is 6.04 Å². The molecule has 1 unspecified atom stereocenters. The van der Waals surface area contributed by atoms with Crippen LogP contribution in [-0.4, -0.2) is 13.2 Å². The number of hydrogen-bond acceptors (Lipinski definition) is 3. The molecule has 0 fully saturated rings. The lowest BCUT2D eigenvalue weighted by Crippen LogP contribution is -2.20. The largest absolute Gasteiger partial charge is 0.486 e. The summed E-state index contributed by atoms with van der Waals surface area (Å²) in [4.78, 5) is 0. The molecule has 1 aliphatic heterocycles. The molecule has 0 saturated heterocycles. The summed E-state index contributed by atoms with van der Waals surface area (Å²) in [5, 5.41) is 0. The van der Waals surface area contributed by atoms with Crippen LogP contribution in [0.4, 0.5) is 4.39 Å². The molecular weight excluding hydrogens is 325 g/mol. The molecule has 2 aromatic rings. The molecule has 1 aliphatic rings. The summed E-state index contributed by atoms with van der Waals surface area (Å²) >= 11 is 3.33. The Morgan fingerprint density at radius 3 is 2.75 bits per heavy atom. The Balaban J connectivity index is 2.06. The van der Waals surface area contributed by atoms with Crippen LogP contribution in [-0.2, 0) is 0 Å². The zero-order valence-electron chi connectivity index (χ0n) is 10.6. The fourth-order valence-corrected chi connectivity index (χ4v) is 2.64. The summed E-state index contributed by atoms with van der Waals surface area (Å²) in [5.74, 6) is 0.917. The molecule has 3 nitrogen and oxygen atoms in total. The first-order valence-electron chi connectivity index (χ1n) is 6.26. The Labute approximate surface area is 124 Å². The van der Waals surface area contributed by atoms with Gasteiger partial charge >= 0.3 is 0 Å². The number of para-hydroxylation sites is 1. The van der Waals surface area contributed by atoms with E-state index in [2.05, 4.69) is 15.9 Å². The molecule has 0 spiro atoms. The van der Waals surface area contributed by atoms with Crippen molar-refractivity contribution in [2.45, 2.75) is 6.04 Å². The van der Waals surface area contributed by atoms with Crippen LogP contribution in [0.3, 0.4) is 0 Å². The van der Waals surface area contributed by atoms with Gasteiger partial charge in [0, 0.05) is 15.6 Å². The lowest BCUT2D eigenvalue weighted by molar-refractivity contribution is 0.169. The lowest BCUT2D eigenvalue weighted by Gasteiger charge is -2.24. The Hall–Kier alpha value is -1.59. The van der Waals surface area contributed by atoms with Crippen molar-refractivity contribution in [2.24, 2.45) is 5.73 Å². The minimum atomic E-state index is -0.607. The van der Waals surface area contributed by atoms with E-state index in [1.807, 2.05) is 18.2 Å². The first-order valence-corrected chi connectivity index (χ1v) is 7.05. The SMILES string of the molecule is NC(c1cc(Br)ccc1F)c1cccc2c1OCCO2. The molecule has 2 N–H and O–H groups in total. The zero-order valence-corrected chi connectivity index (χ0v) is 12.2. The van der Waals surface area contributed by atoms with Crippen LogP contribution >= 0.6 is 15.9 Å². The Morgan fingerprint density at radius 2 is 1.90 bits per heavy atom. The van der Waals surface area contributed by atoms with Crippen molar-refractivity contribution in [3.05, 3.63) is 57.8 Å². The first-order chi connectivity index (χ1) is 9.66. The molecule has 2 aromatic carbocycles. The molecular formula is C15H13BrFNO2. The monoisotopic (exact) mass is 337 g/mol. The summed E-state index contributed by atoms with van der Waals surface area (Å²) in [7, 11) is 0. The van der Waals surface area contributed by atoms with Crippen LogP contribution in [0.1, 0.15) is 17.2 Å². The minimum Gasteiger partial charge on any atom is -0.486 e. The average Bonchev–Trinajstić information content (AvgIpc) is 2.48. The number of halogens is 2. The van der Waals surface area contributed by atoms with E-state index in [1.54, 1.807) is 12.1 Å². The third-order valence-corrected chi connectivity index (χ3v) is 3.72. The standard InChI is InChI=1S/C15H13BrFNO2/c16-9-4-5-12(17)11(8-9)14(18)10-2-1-3-13-15(10)20-7-6-19-13/h1-5,8,14H,6-7,18H2. The van der Waals surface area contributed by atoms with E-state index in [9.17, 15) is 4.39 Å². The second kappa shape index (κ2) is 5.42. The smallest absolute Gasteiger partial charge is 0.166 e. The summed E-state index contributed by atoms with van der Waals surface area (Å²) in [6.45, 7) is 0.981. The van der Waals surface area contributed by atoms with Crippen molar-refractivity contribution in [3.8, 4) is 11.5 Å². The van der Waals surface area contributed by atoms with Gasteiger partial charge in [0.15, 0.2) is 11.5 Å². The van der Waals surface area contributed by atoms with Gasteiger partial charge in [-0.1, -0.05) is 28.1 Å². The molecule has 1 heterocycles. The summed E-state index contributed by atoms with van der Waals surface area (Å²) < 4.78 is 25.9. The van der Waals surface area contributed by atoms with E-state index in [-0.39, 0.29) is 5.82 Å². The van der Waals surface area contributed by atoms with Gasteiger partial charge in [-0.3, -0.25) is 0 Å². The van der Waals surface area contributed by atoms with E-state index in [1.165, 1.54) is 6.07 Å². The molecule has 0 aromatic heterocycles. The van der Waals surface area contributed by atoms with Crippen LogP contribution in [0.2, 0.25) is 0 Å². The second-order valence-electron chi connectivity index (χ2n) is 4.51. The maximum Gasteiger partial charge on any atom is 0.166 e. The summed E-state index contributed by atoms with van der Waals surface area (Å²) in [5.41, 5.74) is 7.35. The molecule has 0 aliphatic carbocycles. The van der Waals surface area contributed by atoms with Crippen LogP contribution in [0.15, 0.2) is 40.9 Å². The van der Waals surface area contributed by atoms with Gasteiger partial charge in [0.25, 0.3) is 0 Å². The van der Waals surface area contributed by atoms with Gasteiger partial charge in [-0.05, 0) is 24.3 Å². The minimum absolute atomic E-state index is 0.338. The number of fused-ring (bicyclic) bond motifs is 1. The number of benzene rings is 2. The highest BCUT2D eigenvalue weighted by Gasteiger charge is 2.22. The van der Waals surface area contributed by atoms with Gasteiger partial charge in [-0.25, -0.2) is 4.39 Å². The molecule has 5 heteroatoms. The maximum atomic E-state index is 14.0. The van der Waals surface area contributed by atoms with Crippen molar-refractivity contribution in [1.29, 1.82) is 0 Å². The predicted octanol–water partition coefficient (Wildman–Crippen LogP) is 3.41. The van der Waals surface area contributed by atoms with E-state index >= 15 is 0 Å². The van der Waals surface area contributed by atoms with Crippen molar-refractivity contribution in [3.63, 3.8) is 0 Å². The third kappa shape index (κ3) is 2.39. The van der Waals surface area contributed by atoms with Gasteiger partial charge in [0.05, 0.1) is 6.04 Å². The number of hydrogen-bond donors (Lipinski definition) is 1. The van der Waals surface area contributed by atoms with Gasteiger partial charge in [-0.2, -0.15) is 0 Å². The number of nitrogens with two attached hydrogens (primary N) is 1. The lowest BCUT2D eigenvalue weighted by atomic mass is 9.97. The highest BCUT2D eigenvalue weighted by Crippen LogP contribution is 2.38. The highest BCUT2D eigenvalue weighted by atomic mass is 79.9. The van der Waals surface area contributed by atoms with Gasteiger partial charge in [-0.15, -0.1) is 0 Å². The van der Waals surface area contributed by atoms with E-state index in [0.717, 1.165) is 10.0 Å². The zero-order chi connectivity index (χ0) is 14.1. The molecule has 104 valence electrons. The van der Waals surface area contributed by atoms with Gasteiger partial charge < -0.3 is 15.2 Å².